The van der Waals surface area contributed by atoms with Crippen LogP contribution in [0.1, 0.15) is 39.8 Å². The standard InChI is InChI=1S/C26H29FN2O2S/c1-19-11-12-22(32-19)17-28-25(23-9-5-6-10-24(23)27)26(30)31-21-13-15-29(16-14-21)18-20-7-3-2-4-8-20/h2-12,21,25,28H,13-18H2,1H3. The van der Waals surface area contributed by atoms with Gasteiger partial charge in [0.1, 0.15) is 18.0 Å². The minimum Gasteiger partial charge on any atom is -0.461 e. The van der Waals surface area contributed by atoms with Gasteiger partial charge in [0.2, 0.25) is 0 Å². The number of hydrogen-bond donors (Lipinski definition) is 1. The summed E-state index contributed by atoms with van der Waals surface area (Å²) in [5, 5.41) is 3.22. The molecule has 0 radical (unpaired) electrons. The molecule has 1 aliphatic rings. The lowest BCUT2D eigenvalue weighted by Gasteiger charge is -2.32. The minimum atomic E-state index is -0.832. The molecule has 2 heterocycles. The van der Waals surface area contributed by atoms with E-state index in [2.05, 4.69) is 34.5 Å². The maximum Gasteiger partial charge on any atom is 0.328 e. The lowest BCUT2D eigenvalue weighted by atomic mass is 10.0. The highest BCUT2D eigenvalue weighted by atomic mass is 32.1. The SMILES string of the molecule is Cc1ccc(CNC(C(=O)OC2CCN(Cc3ccccc3)CC2)c2ccccc2F)s1. The van der Waals surface area contributed by atoms with Crippen molar-refractivity contribution in [1.29, 1.82) is 0 Å². The van der Waals surface area contributed by atoms with Crippen LogP contribution < -0.4 is 5.32 Å². The topological polar surface area (TPSA) is 41.6 Å². The van der Waals surface area contributed by atoms with Crippen LogP contribution in [0.25, 0.3) is 0 Å². The lowest BCUT2D eigenvalue weighted by Crippen LogP contribution is -2.39. The molecule has 1 unspecified atom stereocenters. The van der Waals surface area contributed by atoms with Crippen LogP contribution in [-0.4, -0.2) is 30.1 Å². The van der Waals surface area contributed by atoms with Gasteiger partial charge in [-0.2, -0.15) is 0 Å². The van der Waals surface area contributed by atoms with Crippen LogP contribution in [-0.2, 0) is 22.6 Å². The number of piperidine rings is 1. The second-order valence-electron chi connectivity index (χ2n) is 8.25. The summed E-state index contributed by atoms with van der Waals surface area (Å²) in [5.74, 6) is -0.813. The van der Waals surface area contributed by atoms with Crippen molar-refractivity contribution in [3.05, 3.63) is 93.4 Å². The fourth-order valence-corrected chi connectivity index (χ4v) is 4.91. The van der Waals surface area contributed by atoms with Crippen LogP contribution in [0.5, 0.6) is 0 Å². The third-order valence-electron chi connectivity index (χ3n) is 5.79. The summed E-state index contributed by atoms with van der Waals surface area (Å²) in [5.41, 5.74) is 1.61. The van der Waals surface area contributed by atoms with E-state index in [4.69, 9.17) is 4.74 Å². The van der Waals surface area contributed by atoms with E-state index < -0.39 is 17.8 Å². The molecule has 1 saturated heterocycles. The molecule has 0 aliphatic carbocycles. The summed E-state index contributed by atoms with van der Waals surface area (Å²) in [4.78, 5) is 17.8. The Balaban J connectivity index is 1.36. The Morgan fingerprint density at radius 2 is 1.81 bits per heavy atom. The van der Waals surface area contributed by atoms with Gasteiger partial charge in [0.25, 0.3) is 0 Å². The molecule has 6 heteroatoms. The zero-order valence-electron chi connectivity index (χ0n) is 18.3. The van der Waals surface area contributed by atoms with Crippen molar-refractivity contribution in [2.24, 2.45) is 0 Å². The molecule has 4 rings (SSSR count). The molecule has 1 N–H and O–H groups in total. The zero-order valence-corrected chi connectivity index (χ0v) is 19.1. The highest BCUT2D eigenvalue weighted by Crippen LogP contribution is 2.24. The number of nitrogens with one attached hydrogen (secondary N) is 1. The lowest BCUT2D eigenvalue weighted by molar-refractivity contribution is -0.154. The monoisotopic (exact) mass is 452 g/mol. The highest BCUT2D eigenvalue weighted by Gasteiger charge is 2.29. The van der Waals surface area contributed by atoms with Crippen LogP contribution >= 0.6 is 11.3 Å². The van der Waals surface area contributed by atoms with Gasteiger partial charge in [0.05, 0.1) is 0 Å². The molecule has 4 nitrogen and oxygen atoms in total. The zero-order chi connectivity index (χ0) is 22.3. The van der Waals surface area contributed by atoms with Crippen molar-refractivity contribution < 1.29 is 13.9 Å². The Bertz CT molecular complexity index is 1020. The number of nitrogens with zero attached hydrogens (tertiary/aromatic N) is 1. The van der Waals surface area contributed by atoms with Crippen molar-refractivity contribution >= 4 is 17.3 Å². The van der Waals surface area contributed by atoms with Crippen molar-refractivity contribution in [2.45, 2.75) is 45.0 Å². The van der Waals surface area contributed by atoms with E-state index in [1.807, 2.05) is 25.1 Å². The summed E-state index contributed by atoms with van der Waals surface area (Å²) < 4.78 is 20.4. The molecule has 1 atom stereocenters. The molecule has 1 fully saturated rings. The first kappa shape index (κ1) is 22.6. The fraction of sp³-hybridized carbons (Fsp3) is 0.346. The Morgan fingerprint density at radius 3 is 2.50 bits per heavy atom. The maximum absolute atomic E-state index is 14.5. The largest absolute Gasteiger partial charge is 0.461 e. The first-order valence-corrected chi connectivity index (χ1v) is 11.9. The van der Waals surface area contributed by atoms with Gasteiger partial charge in [-0.05, 0) is 43.5 Å². The maximum atomic E-state index is 14.5. The molecular formula is C26H29FN2O2S. The molecule has 2 aromatic carbocycles. The summed E-state index contributed by atoms with van der Waals surface area (Å²) in [6.07, 6.45) is 1.42. The number of carbonyl (C=O) groups excluding carboxylic acids is 1. The highest BCUT2D eigenvalue weighted by molar-refractivity contribution is 7.11. The molecule has 32 heavy (non-hydrogen) atoms. The molecule has 0 spiro atoms. The molecule has 3 aromatic rings. The number of esters is 1. The van der Waals surface area contributed by atoms with E-state index in [1.165, 1.54) is 16.5 Å². The summed E-state index contributed by atoms with van der Waals surface area (Å²) >= 11 is 1.66. The first-order valence-electron chi connectivity index (χ1n) is 11.1. The predicted octanol–water partition coefficient (Wildman–Crippen LogP) is 5.23. The number of hydrogen-bond acceptors (Lipinski definition) is 5. The van der Waals surface area contributed by atoms with E-state index in [-0.39, 0.29) is 6.10 Å². The predicted molar refractivity (Wildman–Crippen MR) is 126 cm³/mol. The number of ether oxygens (including phenoxy) is 1. The van der Waals surface area contributed by atoms with Crippen LogP contribution in [0.3, 0.4) is 0 Å². The second-order valence-corrected chi connectivity index (χ2v) is 9.62. The van der Waals surface area contributed by atoms with Gasteiger partial charge in [-0.3, -0.25) is 10.2 Å². The molecule has 168 valence electrons. The van der Waals surface area contributed by atoms with Crippen LogP contribution in [0.15, 0.2) is 66.7 Å². The smallest absolute Gasteiger partial charge is 0.328 e. The van der Waals surface area contributed by atoms with E-state index >= 15 is 0 Å². The average Bonchev–Trinajstić information content (AvgIpc) is 3.22. The van der Waals surface area contributed by atoms with Crippen molar-refractivity contribution in [1.82, 2.24) is 10.2 Å². The summed E-state index contributed by atoms with van der Waals surface area (Å²) in [7, 11) is 0. The fourth-order valence-electron chi connectivity index (χ4n) is 4.07. The van der Waals surface area contributed by atoms with Crippen molar-refractivity contribution in [2.75, 3.05) is 13.1 Å². The van der Waals surface area contributed by atoms with Gasteiger partial charge in [-0.1, -0.05) is 48.5 Å². The third-order valence-corrected chi connectivity index (χ3v) is 6.80. The van der Waals surface area contributed by atoms with Crippen LogP contribution in [0.4, 0.5) is 4.39 Å². The normalized spacial score (nSPS) is 16.1. The van der Waals surface area contributed by atoms with Gasteiger partial charge in [-0.25, -0.2) is 9.18 Å². The number of carbonyl (C=O) groups is 1. The number of aryl methyl sites for hydroxylation is 1. The van der Waals surface area contributed by atoms with Gasteiger partial charge >= 0.3 is 5.97 Å². The molecule has 0 saturated carbocycles. The Hall–Kier alpha value is -2.54. The van der Waals surface area contributed by atoms with Gasteiger partial charge in [0.15, 0.2) is 0 Å². The van der Waals surface area contributed by atoms with E-state index in [0.717, 1.165) is 37.4 Å². The number of benzene rings is 2. The van der Waals surface area contributed by atoms with Gasteiger partial charge in [0, 0.05) is 41.5 Å². The van der Waals surface area contributed by atoms with E-state index in [9.17, 15) is 9.18 Å². The quantitative estimate of drug-likeness (QED) is 0.475. The van der Waals surface area contributed by atoms with E-state index in [0.29, 0.717) is 12.1 Å². The summed E-state index contributed by atoms with van der Waals surface area (Å²) in [6.45, 7) is 5.18. The number of rotatable bonds is 8. The molecule has 1 aliphatic heterocycles. The van der Waals surface area contributed by atoms with Gasteiger partial charge in [-0.15, -0.1) is 11.3 Å². The van der Waals surface area contributed by atoms with Gasteiger partial charge < -0.3 is 4.74 Å². The van der Waals surface area contributed by atoms with Crippen LogP contribution in [0.2, 0.25) is 0 Å². The van der Waals surface area contributed by atoms with Crippen molar-refractivity contribution in [3.8, 4) is 0 Å². The summed E-state index contributed by atoms with van der Waals surface area (Å²) in [6, 6.07) is 20.0. The number of halogens is 1. The number of likely N-dealkylation sites (tertiary alicyclic amines) is 1. The third kappa shape index (κ3) is 6.03. The second kappa shape index (κ2) is 10.9. The Kier molecular flexibility index (Phi) is 7.68. The molecule has 0 bridgehead atoms. The minimum absolute atomic E-state index is 0.144. The molecule has 1 aromatic heterocycles. The number of thiophene rings is 1. The first-order chi connectivity index (χ1) is 15.6. The van der Waals surface area contributed by atoms with Crippen molar-refractivity contribution in [3.63, 3.8) is 0 Å². The molecule has 0 amide bonds. The van der Waals surface area contributed by atoms with Crippen LogP contribution in [0, 0.1) is 12.7 Å². The average molecular weight is 453 g/mol. The Morgan fingerprint density at radius 1 is 1.09 bits per heavy atom. The van der Waals surface area contributed by atoms with E-state index in [1.54, 1.807) is 29.5 Å². The Labute approximate surface area is 193 Å². The molecular weight excluding hydrogens is 423 g/mol.